The van der Waals surface area contributed by atoms with Crippen molar-refractivity contribution in [2.45, 2.75) is 25.5 Å². The summed E-state index contributed by atoms with van der Waals surface area (Å²) in [5, 5.41) is 8.52. The zero-order valence-corrected chi connectivity index (χ0v) is 9.56. The molecule has 2 N–H and O–H groups in total. The molecule has 2 unspecified atom stereocenters. The van der Waals surface area contributed by atoms with Gasteiger partial charge in [0, 0.05) is 7.11 Å². The van der Waals surface area contributed by atoms with Gasteiger partial charge in [-0.3, -0.25) is 5.32 Å². The predicted molar refractivity (Wildman–Crippen MR) is 60.4 cm³/mol. The standard InChI is InChI=1S/C10H14N2O2S/c1-6-3-9(15-5-6)12-10(13)11-7-4-8(7)14-2/h3,5,7-8H,4H2,1-2H3,(H2,11,12,13). The number of methoxy groups -OCH3 is 1. The van der Waals surface area contributed by atoms with Crippen molar-refractivity contribution in [1.29, 1.82) is 0 Å². The van der Waals surface area contributed by atoms with E-state index >= 15 is 0 Å². The molecule has 2 atom stereocenters. The molecule has 0 saturated heterocycles. The van der Waals surface area contributed by atoms with Crippen LogP contribution in [0.5, 0.6) is 0 Å². The lowest BCUT2D eigenvalue weighted by Gasteiger charge is -2.04. The number of rotatable bonds is 3. The molecule has 2 rings (SSSR count). The van der Waals surface area contributed by atoms with Crippen LogP contribution in [0.3, 0.4) is 0 Å². The van der Waals surface area contributed by atoms with Crippen LogP contribution < -0.4 is 10.6 Å². The highest BCUT2D eigenvalue weighted by Gasteiger charge is 2.38. The molecular weight excluding hydrogens is 212 g/mol. The normalized spacial score (nSPS) is 23.6. The highest BCUT2D eigenvalue weighted by molar-refractivity contribution is 7.14. The van der Waals surface area contributed by atoms with Gasteiger partial charge >= 0.3 is 6.03 Å². The van der Waals surface area contributed by atoms with E-state index < -0.39 is 0 Å². The number of thiophene rings is 1. The van der Waals surface area contributed by atoms with E-state index in [2.05, 4.69) is 10.6 Å². The van der Waals surface area contributed by atoms with Crippen LogP contribution >= 0.6 is 11.3 Å². The fourth-order valence-corrected chi connectivity index (χ4v) is 2.18. The molecule has 1 aliphatic rings. The molecule has 1 saturated carbocycles. The maximum Gasteiger partial charge on any atom is 0.320 e. The van der Waals surface area contributed by atoms with E-state index in [1.165, 1.54) is 11.3 Å². The predicted octanol–water partition coefficient (Wildman–Crippen LogP) is 1.97. The van der Waals surface area contributed by atoms with Gasteiger partial charge in [0.25, 0.3) is 0 Å². The minimum absolute atomic E-state index is 0.151. The lowest BCUT2D eigenvalue weighted by atomic mass is 10.4. The summed E-state index contributed by atoms with van der Waals surface area (Å²) in [6.07, 6.45) is 1.11. The second-order valence-corrected chi connectivity index (χ2v) is 4.61. The number of anilines is 1. The van der Waals surface area contributed by atoms with Gasteiger partial charge in [0.05, 0.1) is 17.1 Å². The zero-order valence-electron chi connectivity index (χ0n) is 8.74. The molecule has 82 valence electrons. The van der Waals surface area contributed by atoms with Gasteiger partial charge in [-0.25, -0.2) is 4.79 Å². The number of aryl methyl sites for hydroxylation is 1. The van der Waals surface area contributed by atoms with Crippen molar-refractivity contribution in [3.63, 3.8) is 0 Å². The topological polar surface area (TPSA) is 50.4 Å². The van der Waals surface area contributed by atoms with Crippen molar-refractivity contribution in [1.82, 2.24) is 5.32 Å². The molecule has 0 spiro atoms. The van der Waals surface area contributed by atoms with Crippen molar-refractivity contribution in [2.24, 2.45) is 0 Å². The molecule has 0 aliphatic heterocycles. The van der Waals surface area contributed by atoms with Crippen LogP contribution in [-0.4, -0.2) is 25.3 Å². The largest absolute Gasteiger partial charge is 0.379 e. The van der Waals surface area contributed by atoms with Gasteiger partial charge in [-0.1, -0.05) is 0 Å². The van der Waals surface area contributed by atoms with E-state index in [0.717, 1.165) is 17.0 Å². The second kappa shape index (κ2) is 4.20. The highest BCUT2D eigenvalue weighted by atomic mass is 32.1. The molecule has 4 nitrogen and oxygen atoms in total. The van der Waals surface area contributed by atoms with Crippen molar-refractivity contribution in [3.8, 4) is 0 Å². The summed E-state index contributed by atoms with van der Waals surface area (Å²) in [6, 6.07) is 1.97. The summed E-state index contributed by atoms with van der Waals surface area (Å²) >= 11 is 1.53. The quantitative estimate of drug-likeness (QED) is 0.827. The summed E-state index contributed by atoms with van der Waals surface area (Å²) in [4.78, 5) is 11.5. The molecule has 1 heterocycles. The average molecular weight is 226 g/mol. The maximum atomic E-state index is 11.5. The minimum Gasteiger partial charge on any atom is -0.379 e. The van der Waals surface area contributed by atoms with E-state index in [1.54, 1.807) is 7.11 Å². The van der Waals surface area contributed by atoms with Crippen molar-refractivity contribution < 1.29 is 9.53 Å². The summed E-state index contributed by atoms with van der Waals surface area (Å²) in [5.41, 5.74) is 1.16. The van der Waals surface area contributed by atoms with Gasteiger partial charge < -0.3 is 10.1 Å². The van der Waals surface area contributed by atoms with Crippen LogP contribution in [0.1, 0.15) is 12.0 Å². The van der Waals surface area contributed by atoms with Crippen LogP contribution in [0.15, 0.2) is 11.4 Å². The smallest absolute Gasteiger partial charge is 0.320 e. The Bertz CT molecular complexity index is 364. The summed E-state index contributed by atoms with van der Waals surface area (Å²) in [7, 11) is 1.66. The molecule has 0 radical (unpaired) electrons. The minimum atomic E-state index is -0.151. The molecule has 1 aromatic rings. The van der Waals surface area contributed by atoms with Crippen LogP contribution in [-0.2, 0) is 4.74 Å². The SMILES string of the molecule is COC1CC1NC(=O)Nc1cc(C)cs1. The lowest BCUT2D eigenvalue weighted by molar-refractivity contribution is 0.174. The molecule has 0 aromatic carbocycles. The first-order valence-electron chi connectivity index (χ1n) is 4.84. The number of ether oxygens (including phenoxy) is 1. The Kier molecular flexibility index (Phi) is 2.93. The Balaban J connectivity index is 1.78. The number of nitrogens with one attached hydrogen (secondary N) is 2. The van der Waals surface area contributed by atoms with E-state index in [0.29, 0.717) is 0 Å². The Morgan fingerprint density at radius 3 is 3.00 bits per heavy atom. The van der Waals surface area contributed by atoms with Gasteiger partial charge in [-0.2, -0.15) is 0 Å². The van der Waals surface area contributed by atoms with Crippen LogP contribution in [0.2, 0.25) is 0 Å². The molecule has 1 aromatic heterocycles. The first-order chi connectivity index (χ1) is 7.19. The van der Waals surface area contributed by atoms with Crippen molar-refractivity contribution in [3.05, 3.63) is 17.0 Å². The second-order valence-electron chi connectivity index (χ2n) is 3.70. The summed E-state index contributed by atoms with van der Waals surface area (Å²) in [6.45, 7) is 2.00. The van der Waals surface area contributed by atoms with E-state index in [-0.39, 0.29) is 18.2 Å². The van der Waals surface area contributed by atoms with Gasteiger partial charge in [-0.05, 0) is 30.4 Å². The first kappa shape index (κ1) is 10.4. The molecule has 1 aliphatic carbocycles. The van der Waals surface area contributed by atoms with Crippen LogP contribution in [0, 0.1) is 6.92 Å². The number of carbonyl (C=O) groups is 1. The van der Waals surface area contributed by atoms with E-state index in [1.807, 2.05) is 18.4 Å². The van der Waals surface area contributed by atoms with Gasteiger partial charge in [-0.15, -0.1) is 11.3 Å². The first-order valence-corrected chi connectivity index (χ1v) is 5.72. The number of hydrogen-bond donors (Lipinski definition) is 2. The fraction of sp³-hybridized carbons (Fsp3) is 0.500. The van der Waals surface area contributed by atoms with Crippen LogP contribution in [0.25, 0.3) is 0 Å². The van der Waals surface area contributed by atoms with Crippen molar-refractivity contribution >= 4 is 22.4 Å². The van der Waals surface area contributed by atoms with Gasteiger partial charge in [0.15, 0.2) is 0 Å². The third kappa shape index (κ3) is 2.70. The van der Waals surface area contributed by atoms with Gasteiger partial charge in [0.2, 0.25) is 0 Å². The molecule has 2 amide bonds. The Hall–Kier alpha value is -1.07. The summed E-state index contributed by atoms with van der Waals surface area (Å²) < 4.78 is 5.09. The number of amides is 2. The molecule has 1 fully saturated rings. The zero-order chi connectivity index (χ0) is 10.8. The number of urea groups is 1. The van der Waals surface area contributed by atoms with Gasteiger partial charge in [0.1, 0.15) is 0 Å². The van der Waals surface area contributed by atoms with Crippen molar-refractivity contribution in [2.75, 3.05) is 12.4 Å². The Morgan fingerprint density at radius 1 is 1.67 bits per heavy atom. The van der Waals surface area contributed by atoms with Crippen LogP contribution in [0.4, 0.5) is 9.80 Å². The molecule has 0 bridgehead atoms. The number of carbonyl (C=O) groups excluding carboxylic acids is 1. The highest BCUT2D eigenvalue weighted by Crippen LogP contribution is 2.25. The number of hydrogen-bond acceptors (Lipinski definition) is 3. The monoisotopic (exact) mass is 226 g/mol. The average Bonchev–Trinajstić information content (AvgIpc) is 2.81. The molecule has 5 heteroatoms. The Morgan fingerprint density at radius 2 is 2.47 bits per heavy atom. The molecular formula is C10H14N2O2S. The van der Waals surface area contributed by atoms with E-state index in [9.17, 15) is 4.79 Å². The third-order valence-electron chi connectivity index (χ3n) is 2.32. The third-order valence-corrected chi connectivity index (χ3v) is 3.28. The fourth-order valence-electron chi connectivity index (χ4n) is 1.40. The maximum absolute atomic E-state index is 11.5. The molecule has 15 heavy (non-hydrogen) atoms. The van der Waals surface area contributed by atoms with E-state index in [4.69, 9.17) is 4.74 Å². The summed E-state index contributed by atoms with van der Waals surface area (Å²) in [5.74, 6) is 0. The lowest BCUT2D eigenvalue weighted by Crippen LogP contribution is -2.32. The Labute approximate surface area is 92.6 Å².